The van der Waals surface area contributed by atoms with Gasteiger partial charge in [0.1, 0.15) is 11.5 Å². The Kier molecular flexibility index (Phi) is 3.83. The van der Waals surface area contributed by atoms with E-state index in [9.17, 15) is 9.18 Å². The summed E-state index contributed by atoms with van der Waals surface area (Å²) in [5.41, 5.74) is 3.15. The highest BCUT2D eigenvalue weighted by molar-refractivity contribution is 5.74. The average molecular weight is 339 g/mol. The molecule has 1 atom stereocenters. The molecule has 25 heavy (non-hydrogen) atoms. The summed E-state index contributed by atoms with van der Waals surface area (Å²) in [6.45, 7) is 2.35. The molecule has 7 heteroatoms. The predicted molar refractivity (Wildman–Crippen MR) is 92.0 cm³/mol. The van der Waals surface area contributed by atoms with Crippen LogP contribution in [-0.4, -0.2) is 32.2 Å². The Labute approximate surface area is 144 Å². The fraction of sp³-hybridized carbons (Fsp3) is 0.278. The lowest BCUT2D eigenvalue weighted by atomic mass is 10.1. The minimum atomic E-state index is -0.292. The second-order valence-corrected chi connectivity index (χ2v) is 6.23. The van der Waals surface area contributed by atoms with Crippen molar-refractivity contribution in [3.05, 3.63) is 54.1 Å². The molecule has 128 valence electrons. The zero-order chi connectivity index (χ0) is 17.4. The maximum Gasteiger partial charge on any atom is 0.220 e. The standard InChI is InChI=1S/C18H18FN5O/c1-12(25)23-9-3-6-16(23)18-17-8-7-15(11-24(17)22-21-18)20-14-5-2-4-13(19)10-14/h2,4-5,7-8,10-11,16,20H,3,6,9H2,1H3. The minimum absolute atomic E-state index is 0.0166. The van der Waals surface area contributed by atoms with Gasteiger partial charge in [-0.15, -0.1) is 5.10 Å². The maximum absolute atomic E-state index is 13.3. The van der Waals surface area contributed by atoms with E-state index in [2.05, 4.69) is 15.6 Å². The first-order valence-electron chi connectivity index (χ1n) is 8.26. The van der Waals surface area contributed by atoms with Crippen LogP contribution in [-0.2, 0) is 4.79 Å². The van der Waals surface area contributed by atoms with Gasteiger partial charge in [0.15, 0.2) is 0 Å². The van der Waals surface area contributed by atoms with Gasteiger partial charge in [0.05, 0.1) is 23.4 Å². The van der Waals surface area contributed by atoms with Crippen molar-refractivity contribution in [3.8, 4) is 0 Å². The Bertz CT molecular complexity index is 938. The van der Waals surface area contributed by atoms with Gasteiger partial charge in [0.25, 0.3) is 0 Å². The van der Waals surface area contributed by atoms with E-state index in [1.54, 1.807) is 23.6 Å². The summed E-state index contributed by atoms with van der Waals surface area (Å²) in [7, 11) is 0. The molecule has 3 heterocycles. The summed E-state index contributed by atoms with van der Waals surface area (Å²) in [5.74, 6) is -0.229. The van der Waals surface area contributed by atoms with Gasteiger partial charge in [-0.05, 0) is 43.2 Å². The van der Waals surface area contributed by atoms with Crippen molar-refractivity contribution >= 4 is 22.8 Å². The number of anilines is 2. The lowest BCUT2D eigenvalue weighted by Gasteiger charge is -2.21. The number of nitrogens with zero attached hydrogens (tertiary/aromatic N) is 4. The minimum Gasteiger partial charge on any atom is -0.354 e. The number of amides is 1. The molecule has 2 aromatic heterocycles. The van der Waals surface area contributed by atoms with Crippen LogP contribution in [0.25, 0.3) is 5.52 Å². The molecule has 1 N–H and O–H groups in total. The van der Waals surface area contributed by atoms with Crippen molar-refractivity contribution in [3.63, 3.8) is 0 Å². The molecule has 3 aromatic rings. The van der Waals surface area contributed by atoms with Gasteiger partial charge in [-0.25, -0.2) is 8.91 Å². The molecule has 0 aliphatic carbocycles. The SMILES string of the molecule is CC(=O)N1CCCC1c1nnn2cc(Nc3cccc(F)c3)ccc12. The smallest absolute Gasteiger partial charge is 0.220 e. The van der Waals surface area contributed by atoms with Crippen LogP contribution in [0.4, 0.5) is 15.8 Å². The third kappa shape index (κ3) is 2.93. The van der Waals surface area contributed by atoms with Crippen LogP contribution in [0.1, 0.15) is 31.5 Å². The Morgan fingerprint density at radius 3 is 2.96 bits per heavy atom. The fourth-order valence-electron chi connectivity index (χ4n) is 3.39. The number of halogens is 1. The van der Waals surface area contributed by atoms with Gasteiger partial charge < -0.3 is 10.2 Å². The van der Waals surface area contributed by atoms with Crippen LogP contribution in [0.3, 0.4) is 0 Å². The molecule has 0 saturated carbocycles. The molecular formula is C18H18FN5O. The molecular weight excluding hydrogens is 321 g/mol. The first-order valence-corrected chi connectivity index (χ1v) is 8.26. The number of pyridine rings is 1. The Balaban J connectivity index is 1.64. The van der Waals surface area contributed by atoms with E-state index >= 15 is 0 Å². The van der Waals surface area contributed by atoms with Crippen molar-refractivity contribution in [1.29, 1.82) is 0 Å². The Hall–Kier alpha value is -2.96. The molecule has 4 rings (SSSR count). The second kappa shape index (κ2) is 6.16. The molecule has 0 radical (unpaired) electrons. The molecule has 0 bridgehead atoms. The zero-order valence-electron chi connectivity index (χ0n) is 13.8. The number of likely N-dealkylation sites (tertiary alicyclic amines) is 1. The number of carbonyl (C=O) groups is 1. The van der Waals surface area contributed by atoms with Gasteiger partial charge in [-0.2, -0.15) is 0 Å². The lowest BCUT2D eigenvalue weighted by Crippen LogP contribution is -2.28. The molecule has 1 unspecified atom stereocenters. The molecule has 1 aliphatic heterocycles. The number of hydrogen-bond donors (Lipinski definition) is 1. The van der Waals surface area contributed by atoms with Gasteiger partial charge >= 0.3 is 0 Å². The number of nitrogens with one attached hydrogen (secondary N) is 1. The van der Waals surface area contributed by atoms with E-state index in [0.29, 0.717) is 5.69 Å². The predicted octanol–water partition coefficient (Wildman–Crippen LogP) is 3.30. The third-order valence-corrected chi connectivity index (χ3v) is 4.53. The number of fused-ring (bicyclic) bond motifs is 1. The van der Waals surface area contributed by atoms with E-state index in [1.807, 2.05) is 23.2 Å². The van der Waals surface area contributed by atoms with Crippen LogP contribution < -0.4 is 5.32 Å². The van der Waals surface area contributed by atoms with E-state index in [-0.39, 0.29) is 17.8 Å². The van der Waals surface area contributed by atoms with Crippen LogP contribution in [0, 0.1) is 5.82 Å². The Morgan fingerprint density at radius 1 is 1.28 bits per heavy atom. The first-order chi connectivity index (χ1) is 12.1. The molecule has 1 amide bonds. The highest BCUT2D eigenvalue weighted by atomic mass is 19.1. The van der Waals surface area contributed by atoms with Crippen molar-refractivity contribution in [1.82, 2.24) is 19.7 Å². The van der Waals surface area contributed by atoms with E-state index in [0.717, 1.165) is 36.3 Å². The monoisotopic (exact) mass is 339 g/mol. The average Bonchev–Trinajstić information content (AvgIpc) is 3.20. The fourth-order valence-corrected chi connectivity index (χ4v) is 3.39. The molecule has 1 aromatic carbocycles. The van der Waals surface area contributed by atoms with Gasteiger partial charge in [0, 0.05) is 19.2 Å². The van der Waals surface area contributed by atoms with Crippen molar-refractivity contribution in [2.24, 2.45) is 0 Å². The normalized spacial score (nSPS) is 17.2. The first kappa shape index (κ1) is 15.6. The molecule has 1 fully saturated rings. The van der Waals surface area contributed by atoms with Crippen molar-refractivity contribution < 1.29 is 9.18 Å². The number of benzene rings is 1. The molecule has 1 aliphatic rings. The summed E-state index contributed by atoms with van der Waals surface area (Å²) in [4.78, 5) is 13.7. The van der Waals surface area contributed by atoms with Crippen molar-refractivity contribution in [2.45, 2.75) is 25.8 Å². The number of hydrogen-bond acceptors (Lipinski definition) is 4. The summed E-state index contributed by atoms with van der Waals surface area (Å²) in [6.07, 6.45) is 3.68. The van der Waals surface area contributed by atoms with E-state index in [1.165, 1.54) is 12.1 Å². The largest absolute Gasteiger partial charge is 0.354 e. The van der Waals surface area contributed by atoms with Gasteiger partial charge in [-0.1, -0.05) is 11.3 Å². The van der Waals surface area contributed by atoms with Gasteiger partial charge in [-0.3, -0.25) is 4.79 Å². The van der Waals surface area contributed by atoms with Crippen LogP contribution in [0.15, 0.2) is 42.6 Å². The van der Waals surface area contributed by atoms with Crippen molar-refractivity contribution in [2.75, 3.05) is 11.9 Å². The summed E-state index contributed by atoms with van der Waals surface area (Å²) in [5, 5.41) is 11.6. The third-order valence-electron chi connectivity index (χ3n) is 4.53. The number of rotatable bonds is 3. The molecule has 0 spiro atoms. The van der Waals surface area contributed by atoms with E-state index in [4.69, 9.17) is 0 Å². The zero-order valence-corrected chi connectivity index (χ0v) is 13.8. The van der Waals surface area contributed by atoms with Crippen LogP contribution in [0.5, 0.6) is 0 Å². The summed E-state index contributed by atoms with van der Waals surface area (Å²) in [6, 6.07) is 10.1. The van der Waals surface area contributed by atoms with Crippen LogP contribution in [0.2, 0.25) is 0 Å². The maximum atomic E-state index is 13.3. The molecule has 1 saturated heterocycles. The highest BCUT2D eigenvalue weighted by Gasteiger charge is 2.31. The number of aromatic nitrogens is 3. The Morgan fingerprint density at radius 2 is 2.16 bits per heavy atom. The van der Waals surface area contributed by atoms with E-state index < -0.39 is 0 Å². The second-order valence-electron chi connectivity index (χ2n) is 6.23. The summed E-state index contributed by atoms with van der Waals surface area (Å²) >= 11 is 0. The van der Waals surface area contributed by atoms with Gasteiger partial charge in [0.2, 0.25) is 5.91 Å². The topological polar surface area (TPSA) is 62.5 Å². The highest BCUT2D eigenvalue weighted by Crippen LogP contribution is 2.33. The molecule has 6 nitrogen and oxygen atoms in total. The quantitative estimate of drug-likeness (QED) is 0.795. The van der Waals surface area contributed by atoms with Crippen LogP contribution >= 0.6 is 0 Å². The summed E-state index contributed by atoms with van der Waals surface area (Å²) < 4.78 is 15.0. The lowest BCUT2D eigenvalue weighted by molar-refractivity contribution is -0.129. The number of carbonyl (C=O) groups excluding carboxylic acids is 1.